The van der Waals surface area contributed by atoms with Crippen LogP contribution >= 0.6 is 0 Å². The summed E-state index contributed by atoms with van der Waals surface area (Å²) in [6.07, 6.45) is 0.800. The van der Waals surface area contributed by atoms with Gasteiger partial charge in [-0.05, 0) is 42.4 Å². The van der Waals surface area contributed by atoms with Crippen LogP contribution in [0.25, 0.3) is 0 Å². The fourth-order valence-corrected chi connectivity index (χ4v) is 2.21. The van der Waals surface area contributed by atoms with Crippen LogP contribution in [0.3, 0.4) is 0 Å². The van der Waals surface area contributed by atoms with E-state index in [2.05, 4.69) is 58.1 Å². The first-order valence-electron chi connectivity index (χ1n) is 6.75. The lowest BCUT2D eigenvalue weighted by atomic mass is 9.84. The van der Waals surface area contributed by atoms with Gasteiger partial charge in [0.2, 0.25) is 0 Å². The Labute approximate surface area is 111 Å². The molecule has 1 unspecified atom stereocenters. The van der Waals surface area contributed by atoms with Crippen molar-refractivity contribution in [3.8, 4) is 0 Å². The summed E-state index contributed by atoms with van der Waals surface area (Å²) in [5.74, 6) is 0. The van der Waals surface area contributed by atoms with Gasteiger partial charge in [-0.15, -0.1) is 0 Å². The van der Waals surface area contributed by atoms with Crippen molar-refractivity contribution in [1.29, 1.82) is 0 Å². The molecule has 2 heteroatoms. The summed E-state index contributed by atoms with van der Waals surface area (Å²) in [7, 11) is 0. The second kappa shape index (κ2) is 6.35. The highest BCUT2D eigenvalue weighted by atomic mass is 16.3. The fourth-order valence-electron chi connectivity index (χ4n) is 2.21. The minimum atomic E-state index is 0.167. The molecular weight excluding hydrogens is 222 g/mol. The second-order valence-corrected chi connectivity index (χ2v) is 6.17. The smallest absolute Gasteiger partial charge is 0.0446 e. The quantitative estimate of drug-likeness (QED) is 0.840. The van der Waals surface area contributed by atoms with Crippen molar-refractivity contribution in [3.05, 3.63) is 34.9 Å². The normalized spacial score (nSPS) is 13.7. The molecule has 0 aromatic heterocycles. The fraction of sp³-hybridized carbons (Fsp3) is 0.625. The Bertz CT molecular complexity index is 379. The van der Waals surface area contributed by atoms with Gasteiger partial charge in [0.25, 0.3) is 0 Å². The van der Waals surface area contributed by atoms with E-state index in [9.17, 15) is 0 Å². The van der Waals surface area contributed by atoms with Gasteiger partial charge in [0.15, 0.2) is 0 Å². The van der Waals surface area contributed by atoms with Crippen molar-refractivity contribution in [3.63, 3.8) is 0 Å². The first-order chi connectivity index (χ1) is 8.36. The monoisotopic (exact) mass is 249 g/mol. The van der Waals surface area contributed by atoms with Gasteiger partial charge >= 0.3 is 0 Å². The number of rotatable bonds is 5. The van der Waals surface area contributed by atoms with Gasteiger partial charge in [-0.25, -0.2) is 0 Å². The second-order valence-electron chi connectivity index (χ2n) is 6.17. The number of hydrogen-bond donors (Lipinski definition) is 2. The number of nitrogens with one attached hydrogen (secondary N) is 1. The molecule has 0 fully saturated rings. The standard InChI is InChI=1S/C16H27NO/c1-12-7-6-8-14(13(12)2)11-17-15(9-10-18)16(3,4)5/h6-8,15,17-18H,9-11H2,1-5H3. The van der Waals surface area contributed by atoms with E-state index in [-0.39, 0.29) is 12.0 Å². The van der Waals surface area contributed by atoms with Crippen LogP contribution < -0.4 is 5.32 Å². The molecule has 1 aromatic carbocycles. The summed E-state index contributed by atoms with van der Waals surface area (Å²) in [6.45, 7) is 12.1. The van der Waals surface area contributed by atoms with Crippen molar-refractivity contribution < 1.29 is 5.11 Å². The molecule has 0 aliphatic rings. The van der Waals surface area contributed by atoms with Gasteiger partial charge < -0.3 is 10.4 Å². The minimum absolute atomic E-state index is 0.167. The van der Waals surface area contributed by atoms with Crippen LogP contribution in [0, 0.1) is 19.3 Å². The minimum Gasteiger partial charge on any atom is -0.396 e. The van der Waals surface area contributed by atoms with E-state index in [1.54, 1.807) is 0 Å². The molecule has 2 nitrogen and oxygen atoms in total. The summed E-state index contributed by atoms with van der Waals surface area (Å²) in [4.78, 5) is 0. The molecule has 0 saturated heterocycles. The molecule has 1 aromatic rings. The molecule has 0 spiro atoms. The summed E-state index contributed by atoms with van der Waals surface area (Å²) in [5, 5.41) is 12.7. The van der Waals surface area contributed by atoms with Gasteiger partial charge in [-0.1, -0.05) is 39.0 Å². The highest BCUT2D eigenvalue weighted by Gasteiger charge is 2.23. The molecule has 1 atom stereocenters. The highest BCUT2D eigenvalue weighted by Crippen LogP contribution is 2.22. The lowest BCUT2D eigenvalue weighted by Crippen LogP contribution is -2.40. The first kappa shape index (κ1) is 15.2. The zero-order valence-electron chi connectivity index (χ0n) is 12.4. The topological polar surface area (TPSA) is 32.3 Å². The summed E-state index contributed by atoms with van der Waals surface area (Å²) in [6, 6.07) is 6.77. The lowest BCUT2D eigenvalue weighted by Gasteiger charge is -2.31. The molecule has 1 rings (SSSR count). The van der Waals surface area contributed by atoms with E-state index < -0.39 is 0 Å². The Morgan fingerprint density at radius 3 is 2.44 bits per heavy atom. The van der Waals surface area contributed by atoms with Crippen molar-refractivity contribution in [2.75, 3.05) is 6.61 Å². The Balaban J connectivity index is 2.70. The van der Waals surface area contributed by atoms with Crippen LogP contribution in [0.5, 0.6) is 0 Å². The Morgan fingerprint density at radius 1 is 1.22 bits per heavy atom. The van der Waals surface area contributed by atoms with Crippen LogP contribution in [-0.2, 0) is 6.54 Å². The van der Waals surface area contributed by atoms with Crippen molar-refractivity contribution in [2.45, 2.75) is 53.6 Å². The molecular formula is C16H27NO. The third-order valence-electron chi connectivity index (χ3n) is 3.72. The van der Waals surface area contributed by atoms with Crippen molar-refractivity contribution in [1.82, 2.24) is 5.32 Å². The lowest BCUT2D eigenvalue weighted by molar-refractivity contribution is 0.196. The predicted molar refractivity (Wildman–Crippen MR) is 77.7 cm³/mol. The maximum absolute atomic E-state index is 9.16. The largest absolute Gasteiger partial charge is 0.396 e. The number of hydrogen-bond acceptors (Lipinski definition) is 2. The van der Waals surface area contributed by atoms with Crippen LogP contribution in [0.4, 0.5) is 0 Å². The van der Waals surface area contributed by atoms with Crippen LogP contribution in [0.15, 0.2) is 18.2 Å². The van der Waals surface area contributed by atoms with Gasteiger partial charge in [0.05, 0.1) is 0 Å². The predicted octanol–water partition coefficient (Wildman–Crippen LogP) is 3.19. The number of aliphatic hydroxyl groups excluding tert-OH is 1. The molecule has 0 heterocycles. The maximum Gasteiger partial charge on any atom is 0.0446 e. The zero-order valence-corrected chi connectivity index (χ0v) is 12.4. The van der Waals surface area contributed by atoms with Gasteiger partial charge in [0, 0.05) is 19.2 Å². The average Bonchev–Trinajstić information content (AvgIpc) is 2.28. The maximum atomic E-state index is 9.16. The molecule has 0 aliphatic heterocycles. The molecule has 0 saturated carbocycles. The average molecular weight is 249 g/mol. The van der Waals surface area contributed by atoms with Crippen molar-refractivity contribution in [2.24, 2.45) is 5.41 Å². The molecule has 0 amide bonds. The number of aliphatic hydroxyl groups is 1. The van der Waals surface area contributed by atoms with Gasteiger partial charge in [-0.3, -0.25) is 0 Å². The van der Waals surface area contributed by atoms with E-state index >= 15 is 0 Å². The van der Waals surface area contributed by atoms with Crippen molar-refractivity contribution >= 4 is 0 Å². The Morgan fingerprint density at radius 2 is 1.89 bits per heavy atom. The molecule has 2 N–H and O–H groups in total. The molecule has 0 radical (unpaired) electrons. The molecule has 102 valence electrons. The van der Waals surface area contributed by atoms with E-state index in [0.717, 1.165) is 13.0 Å². The zero-order chi connectivity index (χ0) is 13.8. The van der Waals surface area contributed by atoms with E-state index in [0.29, 0.717) is 6.04 Å². The molecule has 18 heavy (non-hydrogen) atoms. The van der Waals surface area contributed by atoms with Gasteiger partial charge in [-0.2, -0.15) is 0 Å². The Hall–Kier alpha value is -0.860. The summed E-state index contributed by atoms with van der Waals surface area (Å²) < 4.78 is 0. The first-order valence-corrected chi connectivity index (χ1v) is 6.75. The molecule has 0 bridgehead atoms. The van der Waals surface area contributed by atoms with Crippen LogP contribution in [0.1, 0.15) is 43.9 Å². The van der Waals surface area contributed by atoms with Gasteiger partial charge in [0.1, 0.15) is 0 Å². The molecule has 0 aliphatic carbocycles. The third kappa shape index (κ3) is 4.11. The van der Waals surface area contributed by atoms with Crippen LogP contribution in [-0.4, -0.2) is 17.8 Å². The third-order valence-corrected chi connectivity index (χ3v) is 3.72. The summed E-state index contributed by atoms with van der Waals surface area (Å²) in [5.41, 5.74) is 4.22. The number of aryl methyl sites for hydroxylation is 1. The van der Waals surface area contributed by atoms with E-state index in [1.807, 2.05) is 0 Å². The Kier molecular flexibility index (Phi) is 5.36. The highest BCUT2D eigenvalue weighted by molar-refractivity contribution is 5.32. The van der Waals surface area contributed by atoms with Crippen LogP contribution in [0.2, 0.25) is 0 Å². The van der Waals surface area contributed by atoms with E-state index in [4.69, 9.17) is 5.11 Å². The van der Waals surface area contributed by atoms with E-state index in [1.165, 1.54) is 16.7 Å². The SMILES string of the molecule is Cc1cccc(CNC(CCO)C(C)(C)C)c1C. The number of benzene rings is 1. The summed E-state index contributed by atoms with van der Waals surface area (Å²) >= 11 is 0.